The van der Waals surface area contributed by atoms with E-state index in [2.05, 4.69) is 29.7 Å². The van der Waals surface area contributed by atoms with Gasteiger partial charge in [-0.2, -0.15) is 0 Å². The second-order valence-electron chi connectivity index (χ2n) is 6.97. The van der Waals surface area contributed by atoms with Crippen molar-refractivity contribution in [2.24, 2.45) is 5.73 Å². The van der Waals surface area contributed by atoms with E-state index in [1.165, 1.54) is 0 Å². The zero-order chi connectivity index (χ0) is 20.1. The maximum absolute atomic E-state index is 12.7. The minimum absolute atomic E-state index is 0.216. The first-order valence-electron chi connectivity index (χ1n) is 9.64. The van der Waals surface area contributed by atoms with Gasteiger partial charge in [0.2, 0.25) is 0 Å². The Bertz CT molecular complexity index is 867. The smallest absolute Gasteiger partial charge is 0.254 e. The van der Waals surface area contributed by atoms with Crippen LogP contribution in [0.5, 0.6) is 5.75 Å². The van der Waals surface area contributed by atoms with Crippen LogP contribution in [-0.4, -0.2) is 38.6 Å². The van der Waals surface area contributed by atoms with Crippen molar-refractivity contribution in [3.63, 3.8) is 0 Å². The summed E-state index contributed by atoms with van der Waals surface area (Å²) in [4.78, 5) is 25.2. The van der Waals surface area contributed by atoms with Crippen LogP contribution in [0.25, 0.3) is 0 Å². The average molecular weight is 381 g/mol. The fourth-order valence-electron chi connectivity index (χ4n) is 3.75. The summed E-state index contributed by atoms with van der Waals surface area (Å²) in [5, 5.41) is 5.52. The van der Waals surface area contributed by atoms with Gasteiger partial charge in [0.15, 0.2) is 0 Å². The molecule has 2 aromatic carbocycles. The van der Waals surface area contributed by atoms with E-state index in [1.54, 1.807) is 13.1 Å². The predicted octanol–water partition coefficient (Wildman–Crippen LogP) is 2.21. The summed E-state index contributed by atoms with van der Waals surface area (Å²) < 4.78 is 6.04. The first kappa shape index (κ1) is 19.9. The van der Waals surface area contributed by atoms with Crippen LogP contribution in [0.15, 0.2) is 42.5 Å². The highest BCUT2D eigenvalue weighted by molar-refractivity contribution is 6.02. The first-order valence-corrected chi connectivity index (χ1v) is 9.64. The van der Waals surface area contributed by atoms with Gasteiger partial charge in [-0.3, -0.25) is 9.59 Å². The van der Waals surface area contributed by atoms with Gasteiger partial charge in [-0.05, 0) is 37.1 Å². The fraction of sp³-hybridized carbons (Fsp3) is 0.364. The van der Waals surface area contributed by atoms with E-state index < -0.39 is 5.41 Å². The van der Waals surface area contributed by atoms with Crippen molar-refractivity contribution in [3.05, 3.63) is 64.7 Å². The van der Waals surface area contributed by atoms with Crippen molar-refractivity contribution in [2.45, 2.75) is 25.2 Å². The molecule has 1 atom stereocenters. The third kappa shape index (κ3) is 3.47. The highest BCUT2D eigenvalue weighted by Crippen LogP contribution is 2.47. The summed E-state index contributed by atoms with van der Waals surface area (Å²) in [6.07, 6.45) is 1.49. The second-order valence-corrected chi connectivity index (χ2v) is 6.97. The molecule has 148 valence electrons. The molecule has 0 aliphatic carbocycles. The highest BCUT2D eigenvalue weighted by Gasteiger charge is 2.43. The Balaban J connectivity index is 2.12. The molecule has 0 bridgehead atoms. The maximum atomic E-state index is 12.7. The van der Waals surface area contributed by atoms with E-state index in [9.17, 15) is 9.59 Å². The Morgan fingerprint density at radius 1 is 1.18 bits per heavy atom. The zero-order valence-electron chi connectivity index (χ0n) is 16.4. The van der Waals surface area contributed by atoms with Gasteiger partial charge >= 0.3 is 0 Å². The molecule has 1 aliphatic rings. The number of hydrogen-bond acceptors (Lipinski definition) is 4. The number of nitrogens with one attached hydrogen (secondary N) is 2. The van der Waals surface area contributed by atoms with E-state index in [1.807, 2.05) is 24.3 Å². The molecule has 6 heteroatoms. The van der Waals surface area contributed by atoms with Crippen LogP contribution in [0.3, 0.4) is 0 Å². The molecule has 1 aliphatic heterocycles. The maximum Gasteiger partial charge on any atom is 0.254 e. The molecule has 6 nitrogen and oxygen atoms in total. The van der Waals surface area contributed by atoms with Crippen molar-refractivity contribution < 1.29 is 14.3 Å². The zero-order valence-corrected chi connectivity index (χ0v) is 16.4. The summed E-state index contributed by atoms with van der Waals surface area (Å²) in [7, 11) is 1.57. The number of carbonyl (C=O) groups is 2. The molecule has 1 unspecified atom stereocenters. The molecule has 0 spiro atoms. The van der Waals surface area contributed by atoms with E-state index in [0.29, 0.717) is 43.0 Å². The Kier molecular flexibility index (Phi) is 5.99. The van der Waals surface area contributed by atoms with Crippen LogP contribution in [0.4, 0.5) is 0 Å². The Hall–Kier alpha value is -2.86. The number of carbonyl (C=O) groups excluding carboxylic acids is 2. The second kappa shape index (κ2) is 8.44. The number of hydrogen-bond donors (Lipinski definition) is 3. The number of fused-ring (bicyclic) bond motifs is 1. The summed E-state index contributed by atoms with van der Waals surface area (Å²) in [6.45, 7) is 3.54. The van der Waals surface area contributed by atoms with Crippen molar-refractivity contribution in [1.82, 2.24) is 10.6 Å². The Morgan fingerprint density at radius 3 is 2.57 bits per heavy atom. The van der Waals surface area contributed by atoms with E-state index in [0.717, 1.165) is 17.5 Å². The normalized spacial score (nSPS) is 17.5. The number of nitrogens with two attached hydrogens (primary N) is 1. The summed E-state index contributed by atoms with van der Waals surface area (Å²) >= 11 is 0. The Labute approximate surface area is 165 Å². The fourth-order valence-corrected chi connectivity index (χ4v) is 3.75. The van der Waals surface area contributed by atoms with Crippen molar-refractivity contribution in [3.8, 4) is 5.75 Å². The van der Waals surface area contributed by atoms with Crippen molar-refractivity contribution in [1.29, 1.82) is 0 Å². The summed E-state index contributed by atoms with van der Waals surface area (Å²) in [5.41, 5.74) is 7.94. The van der Waals surface area contributed by atoms with Gasteiger partial charge in [0.1, 0.15) is 12.4 Å². The topological polar surface area (TPSA) is 93.4 Å². The minimum atomic E-state index is -0.396. The number of rotatable bonds is 7. The standard InChI is InChI=1S/C22H27N3O3/c1-3-22(16-8-5-4-6-9-16)14-28-19-17(21(27)24-2)12-15(13-18(19)22)20(26)25-11-7-10-23/h4-6,8-9,12-13H,3,7,10-11,14,23H2,1-2H3,(H,24,27)(H,25,26). The lowest BCUT2D eigenvalue weighted by Crippen LogP contribution is -2.30. The molecule has 0 fully saturated rings. The van der Waals surface area contributed by atoms with Gasteiger partial charge in [0, 0.05) is 24.7 Å². The van der Waals surface area contributed by atoms with Gasteiger partial charge in [-0.1, -0.05) is 37.3 Å². The lowest BCUT2D eigenvalue weighted by molar-refractivity contribution is 0.0953. The molecule has 0 radical (unpaired) electrons. The molecule has 4 N–H and O–H groups in total. The van der Waals surface area contributed by atoms with Gasteiger partial charge < -0.3 is 21.1 Å². The SMILES string of the molecule is CCC1(c2ccccc2)COc2c(C(=O)NC)cc(C(=O)NCCCN)cc21. The van der Waals surface area contributed by atoms with Crippen LogP contribution < -0.4 is 21.1 Å². The molecule has 1 heterocycles. The molecule has 2 amide bonds. The summed E-state index contributed by atoms with van der Waals surface area (Å²) in [6, 6.07) is 13.6. The number of ether oxygens (including phenoxy) is 1. The molecular weight excluding hydrogens is 354 g/mol. The molecule has 2 aromatic rings. The van der Waals surface area contributed by atoms with Gasteiger partial charge in [-0.25, -0.2) is 0 Å². The molecule has 28 heavy (non-hydrogen) atoms. The molecular formula is C22H27N3O3. The van der Waals surface area contributed by atoms with E-state index in [-0.39, 0.29) is 11.8 Å². The predicted molar refractivity (Wildman–Crippen MR) is 109 cm³/mol. The molecule has 0 saturated heterocycles. The van der Waals surface area contributed by atoms with E-state index >= 15 is 0 Å². The van der Waals surface area contributed by atoms with Crippen LogP contribution in [0, 0.1) is 0 Å². The third-order valence-electron chi connectivity index (χ3n) is 5.40. The summed E-state index contributed by atoms with van der Waals surface area (Å²) in [5.74, 6) is 0.0720. The highest BCUT2D eigenvalue weighted by atomic mass is 16.5. The van der Waals surface area contributed by atoms with Crippen LogP contribution in [0.1, 0.15) is 51.6 Å². The monoisotopic (exact) mass is 381 g/mol. The van der Waals surface area contributed by atoms with Crippen LogP contribution >= 0.6 is 0 Å². The largest absolute Gasteiger partial charge is 0.491 e. The quantitative estimate of drug-likeness (QED) is 0.641. The van der Waals surface area contributed by atoms with Crippen LogP contribution in [0.2, 0.25) is 0 Å². The molecule has 0 aromatic heterocycles. The van der Waals surface area contributed by atoms with Gasteiger partial charge in [0.05, 0.1) is 11.0 Å². The van der Waals surface area contributed by atoms with Crippen LogP contribution in [-0.2, 0) is 5.41 Å². The van der Waals surface area contributed by atoms with Gasteiger partial charge in [0.25, 0.3) is 11.8 Å². The first-order chi connectivity index (χ1) is 13.6. The minimum Gasteiger partial charge on any atom is -0.491 e. The lowest BCUT2D eigenvalue weighted by atomic mass is 9.73. The van der Waals surface area contributed by atoms with E-state index in [4.69, 9.17) is 10.5 Å². The van der Waals surface area contributed by atoms with Crippen molar-refractivity contribution in [2.75, 3.05) is 26.7 Å². The molecule has 0 saturated carbocycles. The van der Waals surface area contributed by atoms with Crippen molar-refractivity contribution >= 4 is 11.8 Å². The third-order valence-corrected chi connectivity index (χ3v) is 5.40. The lowest BCUT2D eigenvalue weighted by Gasteiger charge is -2.27. The molecule has 3 rings (SSSR count). The number of amides is 2. The Morgan fingerprint density at radius 2 is 1.93 bits per heavy atom. The number of benzene rings is 2. The average Bonchev–Trinajstić information content (AvgIpc) is 3.13. The van der Waals surface area contributed by atoms with Gasteiger partial charge in [-0.15, -0.1) is 0 Å².